The molecule has 4 aromatic rings. The van der Waals surface area contributed by atoms with Gasteiger partial charge in [-0.15, -0.1) is 10.2 Å². The summed E-state index contributed by atoms with van der Waals surface area (Å²) in [5.74, 6) is -0.927. The van der Waals surface area contributed by atoms with E-state index in [4.69, 9.17) is 4.74 Å². The van der Waals surface area contributed by atoms with E-state index >= 15 is 0 Å². The fourth-order valence-corrected chi connectivity index (χ4v) is 3.48. The molecule has 2 heterocycles. The van der Waals surface area contributed by atoms with Gasteiger partial charge in [-0.3, -0.25) is 18.6 Å². The number of nitrogens with zero attached hydrogens (tertiary/aromatic N) is 4. The Morgan fingerprint density at radius 2 is 1.91 bits per heavy atom. The number of methoxy groups -OCH3 is 1. The van der Waals surface area contributed by atoms with Crippen LogP contribution in [0.3, 0.4) is 0 Å². The van der Waals surface area contributed by atoms with E-state index < -0.39 is 17.2 Å². The summed E-state index contributed by atoms with van der Waals surface area (Å²) in [5, 5.41) is 10.8. The third-order valence-corrected chi connectivity index (χ3v) is 5.20. The lowest BCUT2D eigenvalue weighted by Crippen LogP contribution is -2.23. The quantitative estimate of drug-likeness (QED) is 0.443. The van der Waals surface area contributed by atoms with Gasteiger partial charge in [0.15, 0.2) is 11.6 Å². The standard InChI is InChI=1S/C23H21F2N5O3/c1-33-19-6-3-2-5-15(19)14-26-21(31)8-4-7-20-27-28-22-23(32)29(11-12-30(20)22)16-9-10-17(24)18(25)13-16/h2-3,5-6,9-13H,4,7-8,14H2,1H3,(H,26,31). The number of nitrogens with one attached hydrogen (secondary N) is 1. The van der Waals surface area contributed by atoms with Gasteiger partial charge < -0.3 is 10.1 Å². The topological polar surface area (TPSA) is 90.5 Å². The van der Waals surface area contributed by atoms with Crippen LogP contribution >= 0.6 is 0 Å². The van der Waals surface area contributed by atoms with Gasteiger partial charge in [0.2, 0.25) is 11.6 Å². The van der Waals surface area contributed by atoms with Crippen LogP contribution in [0.4, 0.5) is 8.78 Å². The van der Waals surface area contributed by atoms with Crippen molar-refractivity contribution in [2.45, 2.75) is 25.8 Å². The lowest BCUT2D eigenvalue weighted by molar-refractivity contribution is -0.121. The SMILES string of the molecule is COc1ccccc1CNC(=O)CCCc1nnc2c(=O)n(-c3ccc(F)c(F)c3)ccn12. The number of ether oxygens (including phenoxy) is 1. The lowest BCUT2D eigenvalue weighted by Gasteiger charge is -2.09. The van der Waals surface area contributed by atoms with E-state index in [1.54, 1.807) is 13.3 Å². The monoisotopic (exact) mass is 453 g/mol. The molecule has 0 atom stereocenters. The number of rotatable bonds is 8. The molecule has 0 saturated carbocycles. The number of carbonyl (C=O) groups is 1. The van der Waals surface area contributed by atoms with Gasteiger partial charge in [0.1, 0.15) is 11.6 Å². The van der Waals surface area contributed by atoms with E-state index in [9.17, 15) is 18.4 Å². The Bertz CT molecular complexity index is 1370. The maximum atomic E-state index is 13.5. The van der Waals surface area contributed by atoms with Crippen molar-refractivity contribution in [1.29, 1.82) is 0 Å². The smallest absolute Gasteiger partial charge is 0.300 e. The molecular formula is C23H21F2N5O3. The Labute approximate surface area is 187 Å². The van der Waals surface area contributed by atoms with Crippen LogP contribution in [0.1, 0.15) is 24.2 Å². The Hall–Kier alpha value is -4.08. The zero-order valence-corrected chi connectivity index (χ0v) is 17.8. The molecule has 4 rings (SSSR count). The molecule has 1 N–H and O–H groups in total. The highest BCUT2D eigenvalue weighted by molar-refractivity contribution is 5.75. The second kappa shape index (κ2) is 9.60. The van der Waals surface area contributed by atoms with E-state index in [1.165, 1.54) is 21.2 Å². The van der Waals surface area contributed by atoms with Crippen molar-refractivity contribution >= 4 is 11.6 Å². The Balaban J connectivity index is 1.39. The minimum atomic E-state index is -1.05. The van der Waals surface area contributed by atoms with Gasteiger partial charge in [0, 0.05) is 43.4 Å². The van der Waals surface area contributed by atoms with Crippen molar-refractivity contribution in [2.75, 3.05) is 7.11 Å². The first kappa shape index (κ1) is 22.1. The van der Waals surface area contributed by atoms with E-state index in [2.05, 4.69) is 15.5 Å². The van der Waals surface area contributed by atoms with E-state index in [0.29, 0.717) is 31.0 Å². The van der Waals surface area contributed by atoms with Crippen LogP contribution in [0.2, 0.25) is 0 Å². The van der Waals surface area contributed by atoms with Crippen LogP contribution in [-0.2, 0) is 17.8 Å². The number of amides is 1. The molecule has 1 amide bonds. The number of aryl methyl sites for hydroxylation is 1. The van der Waals surface area contributed by atoms with Crippen molar-refractivity contribution in [3.05, 3.63) is 88.2 Å². The van der Waals surface area contributed by atoms with Crippen LogP contribution in [0.25, 0.3) is 11.3 Å². The third kappa shape index (κ3) is 4.74. The van der Waals surface area contributed by atoms with Crippen molar-refractivity contribution in [1.82, 2.24) is 24.5 Å². The average Bonchev–Trinajstić information content (AvgIpc) is 3.24. The van der Waals surface area contributed by atoms with Gasteiger partial charge in [0.05, 0.1) is 12.8 Å². The Kier molecular flexibility index (Phi) is 6.43. The van der Waals surface area contributed by atoms with Crippen LogP contribution in [-0.4, -0.2) is 32.2 Å². The van der Waals surface area contributed by atoms with Gasteiger partial charge in [0.25, 0.3) is 0 Å². The highest BCUT2D eigenvalue weighted by Gasteiger charge is 2.13. The van der Waals surface area contributed by atoms with Crippen molar-refractivity contribution in [2.24, 2.45) is 0 Å². The highest BCUT2D eigenvalue weighted by atomic mass is 19.2. The van der Waals surface area contributed by atoms with Gasteiger partial charge in [-0.1, -0.05) is 18.2 Å². The third-order valence-electron chi connectivity index (χ3n) is 5.20. The minimum absolute atomic E-state index is 0.0536. The fraction of sp³-hybridized carbons (Fsp3) is 0.217. The minimum Gasteiger partial charge on any atom is -0.496 e. The molecule has 0 bridgehead atoms. The van der Waals surface area contributed by atoms with Gasteiger partial charge >= 0.3 is 5.56 Å². The summed E-state index contributed by atoms with van der Waals surface area (Å²) in [4.78, 5) is 25.0. The molecule has 2 aromatic carbocycles. The lowest BCUT2D eigenvalue weighted by atomic mass is 10.2. The first-order valence-corrected chi connectivity index (χ1v) is 10.3. The van der Waals surface area contributed by atoms with Crippen LogP contribution in [0.5, 0.6) is 5.75 Å². The summed E-state index contributed by atoms with van der Waals surface area (Å²) in [6.45, 7) is 0.361. The van der Waals surface area contributed by atoms with Gasteiger partial charge in [-0.05, 0) is 24.6 Å². The van der Waals surface area contributed by atoms with Gasteiger partial charge in [-0.25, -0.2) is 8.78 Å². The maximum Gasteiger partial charge on any atom is 0.300 e. The summed E-state index contributed by atoms with van der Waals surface area (Å²) in [7, 11) is 1.58. The molecule has 170 valence electrons. The van der Waals surface area contributed by atoms with Crippen LogP contribution in [0, 0.1) is 11.6 Å². The molecule has 10 heteroatoms. The second-order valence-electron chi connectivity index (χ2n) is 7.32. The number of halogens is 2. The largest absolute Gasteiger partial charge is 0.496 e. The number of carbonyl (C=O) groups excluding carboxylic acids is 1. The first-order chi connectivity index (χ1) is 16.0. The average molecular weight is 453 g/mol. The van der Waals surface area contributed by atoms with Crippen molar-refractivity contribution in [3.63, 3.8) is 0 Å². The molecule has 0 aliphatic rings. The van der Waals surface area contributed by atoms with Gasteiger partial charge in [-0.2, -0.15) is 0 Å². The Morgan fingerprint density at radius 1 is 1.09 bits per heavy atom. The summed E-state index contributed by atoms with van der Waals surface area (Å²) in [6.07, 6.45) is 4.22. The van der Waals surface area contributed by atoms with Crippen molar-refractivity contribution < 1.29 is 18.3 Å². The fourth-order valence-electron chi connectivity index (χ4n) is 3.48. The number of hydrogen-bond acceptors (Lipinski definition) is 5. The number of hydrogen-bond donors (Lipinski definition) is 1. The second-order valence-corrected chi connectivity index (χ2v) is 7.32. The van der Waals surface area contributed by atoms with Crippen molar-refractivity contribution in [3.8, 4) is 11.4 Å². The predicted octanol–water partition coefficient (Wildman–Crippen LogP) is 2.81. The first-order valence-electron chi connectivity index (χ1n) is 10.3. The summed E-state index contributed by atoms with van der Waals surface area (Å²) in [6, 6.07) is 10.6. The number of fused-ring (bicyclic) bond motifs is 1. The Morgan fingerprint density at radius 3 is 2.70 bits per heavy atom. The number of benzene rings is 2. The molecule has 0 aliphatic carbocycles. The molecule has 0 radical (unpaired) electrons. The maximum absolute atomic E-state index is 13.5. The predicted molar refractivity (Wildman–Crippen MR) is 116 cm³/mol. The number of aromatic nitrogens is 4. The van der Waals surface area contributed by atoms with Crippen LogP contribution in [0.15, 0.2) is 59.7 Å². The van der Waals surface area contributed by atoms with E-state index in [-0.39, 0.29) is 23.7 Å². The normalized spacial score (nSPS) is 11.0. The summed E-state index contributed by atoms with van der Waals surface area (Å²) < 4.78 is 34.7. The van der Waals surface area contributed by atoms with E-state index in [1.807, 2.05) is 24.3 Å². The summed E-state index contributed by atoms with van der Waals surface area (Å²) in [5.41, 5.74) is 0.599. The zero-order chi connectivity index (χ0) is 23.4. The molecule has 0 aliphatic heterocycles. The molecule has 0 saturated heterocycles. The molecule has 8 nitrogen and oxygen atoms in total. The molecule has 0 spiro atoms. The molecule has 0 unspecified atom stereocenters. The summed E-state index contributed by atoms with van der Waals surface area (Å²) >= 11 is 0. The number of para-hydroxylation sites is 1. The molecule has 0 fully saturated rings. The molecule has 33 heavy (non-hydrogen) atoms. The highest BCUT2D eigenvalue weighted by Crippen LogP contribution is 2.17. The van der Waals surface area contributed by atoms with Crippen LogP contribution < -0.4 is 15.6 Å². The van der Waals surface area contributed by atoms with E-state index in [0.717, 1.165) is 17.7 Å². The molecular weight excluding hydrogens is 432 g/mol. The zero-order valence-electron chi connectivity index (χ0n) is 17.8. The molecule has 2 aromatic heterocycles.